The minimum Gasteiger partial charge on any atom is -0.343 e. The van der Waals surface area contributed by atoms with Crippen LogP contribution in [0.2, 0.25) is 0 Å². The molecule has 0 heterocycles. The van der Waals surface area contributed by atoms with Crippen molar-refractivity contribution < 1.29 is 28.7 Å². The molecule has 128 valence electrons. The Morgan fingerprint density at radius 2 is 1.41 bits per heavy atom. The van der Waals surface area contributed by atoms with Crippen molar-refractivity contribution in [1.82, 2.24) is 21.3 Å². The fourth-order valence-corrected chi connectivity index (χ4v) is 1.63. The molecular formula is C11H23N4O6P. The second-order valence-electron chi connectivity index (χ2n) is 4.82. The molecule has 0 aliphatic rings. The van der Waals surface area contributed by atoms with Crippen LogP contribution < -0.4 is 21.3 Å². The van der Waals surface area contributed by atoms with Gasteiger partial charge in [-0.15, -0.1) is 0 Å². The van der Waals surface area contributed by atoms with Crippen molar-refractivity contribution in [2.24, 2.45) is 0 Å². The zero-order valence-corrected chi connectivity index (χ0v) is 13.8. The Labute approximate surface area is 128 Å². The van der Waals surface area contributed by atoms with Gasteiger partial charge in [0.25, 0.3) is 0 Å². The van der Waals surface area contributed by atoms with Gasteiger partial charge in [-0.25, -0.2) is 0 Å². The molecule has 3 amide bonds. The summed E-state index contributed by atoms with van der Waals surface area (Å²) in [5.74, 6) is -3.06. The second kappa shape index (κ2) is 8.84. The van der Waals surface area contributed by atoms with Gasteiger partial charge in [-0.2, -0.15) is 0 Å². The van der Waals surface area contributed by atoms with Crippen LogP contribution in [-0.2, 0) is 18.9 Å². The molecule has 0 rings (SSSR count). The lowest BCUT2D eigenvalue weighted by Gasteiger charge is -2.21. The van der Waals surface area contributed by atoms with Crippen molar-refractivity contribution in [3.8, 4) is 0 Å². The maximum Gasteiger partial charge on any atom is 0.347 e. The van der Waals surface area contributed by atoms with E-state index in [-0.39, 0.29) is 12.5 Å². The fraction of sp³-hybridized carbons (Fsp3) is 0.727. The van der Waals surface area contributed by atoms with E-state index in [1.54, 1.807) is 7.05 Å². The summed E-state index contributed by atoms with van der Waals surface area (Å²) in [6, 6.07) is -1.86. The molecule has 0 saturated carbocycles. The largest absolute Gasteiger partial charge is 0.347 e. The number of amides is 3. The lowest BCUT2D eigenvalue weighted by molar-refractivity contribution is -0.131. The lowest BCUT2D eigenvalue weighted by atomic mass is 10.2. The molecular weight excluding hydrogens is 315 g/mol. The summed E-state index contributed by atoms with van der Waals surface area (Å²) >= 11 is 0. The Morgan fingerprint density at radius 1 is 0.955 bits per heavy atom. The highest BCUT2D eigenvalue weighted by atomic mass is 31.2. The van der Waals surface area contributed by atoms with E-state index in [1.165, 1.54) is 13.8 Å². The molecule has 22 heavy (non-hydrogen) atoms. The predicted molar refractivity (Wildman–Crippen MR) is 78.8 cm³/mol. The summed E-state index contributed by atoms with van der Waals surface area (Å²) in [5, 5.41) is 9.50. The van der Waals surface area contributed by atoms with Gasteiger partial charge in [-0.05, 0) is 27.8 Å². The van der Waals surface area contributed by atoms with Crippen molar-refractivity contribution in [3.63, 3.8) is 0 Å². The summed E-state index contributed by atoms with van der Waals surface area (Å²) in [6.07, 6.45) is 0. The molecule has 0 aliphatic carbocycles. The van der Waals surface area contributed by atoms with Crippen LogP contribution in [0.4, 0.5) is 0 Å². The van der Waals surface area contributed by atoms with Crippen molar-refractivity contribution in [3.05, 3.63) is 0 Å². The van der Waals surface area contributed by atoms with Crippen LogP contribution in [0, 0.1) is 0 Å². The van der Waals surface area contributed by atoms with Gasteiger partial charge in [0.2, 0.25) is 17.7 Å². The second-order valence-corrected chi connectivity index (χ2v) is 6.78. The van der Waals surface area contributed by atoms with Crippen LogP contribution in [0.1, 0.15) is 20.8 Å². The maximum absolute atomic E-state index is 11.8. The van der Waals surface area contributed by atoms with Gasteiger partial charge in [0.15, 0.2) is 0 Å². The maximum atomic E-state index is 11.8. The Kier molecular flexibility index (Phi) is 8.25. The molecule has 0 aromatic carbocycles. The predicted octanol–water partition coefficient (Wildman–Crippen LogP) is -2.14. The summed E-state index contributed by atoms with van der Waals surface area (Å²) in [7, 11) is -2.86. The zero-order chi connectivity index (χ0) is 17.5. The molecule has 0 aliphatic heterocycles. The smallest absolute Gasteiger partial charge is 0.343 e. The van der Waals surface area contributed by atoms with Gasteiger partial charge >= 0.3 is 7.60 Å². The van der Waals surface area contributed by atoms with E-state index in [9.17, 15) is 18.9 Å². The minimum atomic E-state index is -4.44. The molecule has 3 atom stereocenters. The highest BCUT2D eigenvalue weighted by Gasteiger charge is 2.28. The van der Waals surface area contributed by atoms with Gasteiger partial charge in [0.05, 0.1) is 6.54 Å². The average molecular weight is 338 g/mol. The number of carbonyl (C=O) groups is 3. The number of likely N-dealkylation sites (N-methyl/N-ethyl adjacent to an activating group) is 1. The SMILES string of the molecule is CNCC(=O)NC(C)C(=O)NC(C)C(=O)NC(C)P(=O)(O)O. The monoisotopic (exact) mass is 338 g/mol. The van der Waals surface area contributed by atoms with E-state index >= 15 is 0 Å². The molecule has 0 saturated heterocycles. The Morgan fingerprint density at radius 3 is 1.86 bits per heavy atom. The van der Waals surface area contributed by atoms with Crippen molar-refractivity contribution in [1.29, 1.82) is 0 Å². The number of hydrogen-bond donors (Lipinski definition) is 6. The third kappa shape index (κ3) is 7.51. The van der Waals surface area contributed by atoms with Gasteiger partial charge in [-0.1, -0.05) is 0 Å². The average Bonchev–Trinajstić information content (AvgIpc) is 2.37. The van der Waals surface area contributed by atoms with Crippen molar-refractivity contribution in [2.45, 2.75) is 38.6 Å². The molecule has 0 aromatic heterocycles. The molecule has 6 N–H and O–H groups in total. The Hall–Kier alpha value is -1.48. The molecule has 10 nitrogen and oxygen atoms in total. The normalized spacial score (nSPS) is 15.4. The number of carbonyl (C=O) groups excluding carboxylic acids is 3. The minimum absolute atomic E-state index is 0.0491. The van der Waals surface area contributed by atoms with Crippen LogP contribution in [0.15, 0.2) is 0 Å². The third-order valence-electron chi connectivity index (χ3n) is 2.72. The van der Waals surface area contributed by atoms with Crippen molar-refractivity contribution in [2.75, 3.05) is 13.6 Å². The molecule has 0 radical (unpaired) electrons. The highest BCUT2D eigenvalue weighted by Crippen LogP contribution is 2.38. The first-order valence-electron chi connectivity index (χ1n) is 6.59. The summed E-state index contributed by atoms with van der Waals surface area (Å²) < 4.78 is 10.9. The van der Waals surface area contributed by atoms with E-state index in [2.05, 4.69) is 21.3 Å². The molecule has 0 aromatic rings. The van der Waals surface area contributed by atoms with E-state index in [1.807, 2.05) is 0 Å². The van der Waals surface area contributed by atoms with E-state index < -0.39 is 37.3 Å². The van der Waals surface area contributed by atoms with Crippen LogP contribution in [0.5, 0.6) is 0 Å². The first kappa shape index (κ1) is 20.5. The van der Waals surface area contributed by atoms with Gasteiger partial charge in [0, 0.05) is 0 Å². The van der Waals surface area contributed by atoms with E-state index in [0.717, 1.165) is 6.92 Å². The zero-order valence-electron chi connectivity index (χ0n) is 12.9. The van der Waals surface area contributed by atoms with Gasteiger partial charge in [-0.3, -0.25) is 18.9 Å². The summed E-state index contributed by atoms with van der Waals surface area (Å²) in [5.41, 5.74) is 0. The van der Waals surface area contributed by atoms with Crippen LogP contribution in [0.25, 0.3) is 0 Å². The van der Waals surface area contributed by atoms with Crippen LogP contribution in [-0.4, -0.2) is 59.0 Å². The van der Waals surface area contributed by atoms with Crippen LogP contribution >= 0.6 is 7.60 Å². The fourth-order valence-electron chi connectivity index (χ4n) is 1.34. The third-order valence-corrected chi connectivity index (χ3v) is 3.85. The number of rotatable bonds is 8. The van der Waals surface area contributed by atoms with E-state index in [0.29, 0.717) is 0 Å². The number of nitrogens with one attached hydrogen (secondary N) is 4. The lowest BCUT2D eigenvalue weighted by Crippen LogP contribution is -2.53. The van der Waals surface area contributed by atoms with Crippen molar-refractivity contribution >= 4 is 25.3 Å². The molecule has 0 fully saturated rings. The van der Waals surface area contributed by atoms with Gasteiger partial charge in [0.1, 0.15) is 17.9 Å². The Bertz CT molecular complexity index is 465. The molecule has 3 unspecified atom stereocenters. The van der Waals surface area contributed by atoms with Gasteiger partial charge < -0.3 is 31.1 Å². The van der Waals surface area contributed by atoms with Crippen LogP contribution in [0.3, 0.4) is 0 Å². The summed E-state index contributed by atoms with van der Waals surface area (Å²) in [6.45, 7) is 4.02. The Balaban J connectivity index is 4.43. The molecule has 11 heteroatoms. The quantitative estimate of drug-likeness (QED) is 0.276. The van der Waals surface area contributed by atoms with E-state index in [4.69, 9.17) is 9.79 Å². The standard InChI is InChI=1S/C11H23N4O6P/c1-6(13-9(16)5-12-4)10(17)14-7(2)11(18)15-8(3)22(19,20)21/h6-8,12H,5H2,1-4H3,(H,13,16)(H,14,17)(H,15,18)(H2,19,20,21). The molecule has 0 spiro atoms. The first-order chi connectivity index (χ1) is 9.98. The summed E-state index contributed by atoms with van der Waals surface area (Å²) in [4.78, 5) is 52.6. The topological polar surface area (TPSA) is 157 Å². The molecule has 0 bridgehead atoms. The number of hydrogen-bond acceptors (Lipinski definition) is 5. The first-order valence-corrected chi connectivity index (χ1v) is 8.27. The highest BCUT2D eigenvalue weighted by molar-refractivity contribution is 7.52.